The highest BCUT2D eigenvalue weighted by Crippen LogP contribution is 2.25. The Morgan fingerprint density at radius 2 is 1.69 bits per heavy atom. The minimum absolute atomic E-state index is 0.0279. The molecule has 1 aromatic rings. The molecule has 80 valence electrons. The first-order valence-corrected chi connectivity index (χ1v) is 5.10. The van der Waals surface area contributed by atoms with Crippen molar-refractivity contribution in [1.82, 2.24) is 0 Å². The SMILES string of the molecule is Cc1cccc(C)c1C1=CC=NC(=N)C1=N. The quantitative estimate of drug-likeness (QED) is 0.717. The van der Waals surface area contributed by atoms with Crippen molar-refractivity contribution in [2.24, 2.45) is 4.99 Å². The lowest BCUT2D eigenvalue weighted by Gasteiger charge is -2.15. The van der Waals surface area contributed by atoms with E-state index in [0.717, 1.165) is 22.3 Å². The number of allylic oxidation sites excluding steroid dienone is 1. The van der Waals surface area contributed by atoms with Gasteiger partial charge in [0.25, 0.3) is 0 Å². The average Bonchev–Trinajstić information content (AvgIpc) is 2.24. The molecule has 0 spiro atoms. The molecular weight excluding hydrogens is 198 g/mol. The molecule has 0 unspecified atom stereocenters. The van der Waals surface area contributed by atoms with Crippen LogP contribution in [0.25, 0.3) is 5.57 Å². The van der Waals surface area contributed by atoms with Crippen molar-refractivity contribution in [3.63, 3.8) is 0 Å². The highest BCUT2D eigenvalue weighted by Gasteiger charge is 2.17. The summed E-state index contributed by atoms with van der Waals surface area (Å²) >= 11 is 0. The third kappa shape index (κ3) is 1.60. The van der Waals surface area contributed by atoms with Gasteiger partial charge in [-0.05, 0) is 36.6 Å². The molecule has 0 radical (unpaired) electrons. The van der Waals surface area contributed by atoms with Gasteiger partial charge in [0.05, 0.1) is 0 Å². The van der Waals surface area contributed by atoms with E-state index in [1.54, 1.807) is 12.3 Å². The maximum atomic E-state index is 7.88. The number of nitrogens with zero attached hydrogens (tertiary/aromatic N) is 1. The Balaban J connectivity index is 2.61. The van der Waals surface area contributed by atoms with E-state index in [4.69, 9.17) is 10.8 Å². The third-order valence-corrected chi connectivity index (χ3v) is 2.70. The summed E-state index contributed by atoms with van der Waals surface area (Å²) in [7, 11) is 0. The molecule has 3 nitrogen and oxygen atoms in total. The number of rotatable bonds is 1. The Morgan fingerprint density at radius 1 is 1.06 bits per heavy atom. The van der Waals surface area contributed by atoms with Gasteiger partial charge >= 0.3 is 0 Å². The Morgan fingerprint density at radius 3 is 2.31 bits per heavy atom. The first-order chi connectivity index (χ1) is 7.61. The largest absolute Gasteiger partial charge is 0.296 e. The lowest BCUT2D eigenvalue weighted by Crippen LogP contribution is -2.16. The number of aryl methyl sites for hydroxylation is 2. The Labute approximate surface area is 94.6 Å². The van der Waals surface area contributed by atoms with Gasteiger partial charge in [-0.15, -0.1) is 0 Å². The van der Waals surface area contributed by atoms with Gasteiger partial charge in [-0.3, -0.25) is 10.8 Å². The monoisotopic (exact) mass is 211 g/mol. The standard InChI is InChI=1S/C13H13N3/c1-8-4-3-5-9(2)11(8)10-6-7-16-13(15)12(10)14/h3-7,14-15H,1-2H3. The van der Waals surface area contributed by atoms with Crippen LogP contribution in [-0.4, -0.2) is 17.8 Å². The van der Waals surface area contributed by atoms with Gasteiger partial charge in [0, 0.05) is 11.8 Å². The number of hydrogen-bond acceptors (Lipinski definition) is 2. The highest BCUT2D eigenvalue weighted by molar-refractivity contribution is 6.58. The summed E-state index contributed by atoms with van der Waals surface area (Å²) in [5, 5.41) is 15.4. The van der Waals surface area contributed by atoms with Gasteiger partial charge < -0.3 is 0 Å². The Kier molecular flexibility index (Phi) is 2.52. The van der Waals surface area contributed by atoms with E-state index in [2.05, 4.69) is 4.99 Å². The first kappa shape index (κ1) is 10.5. The van der Waals surface area contributed by atoms with Crippen LogP contribution in [-0.2, 0) is 0 Å². The molecule has 2 rings (SSSR count). The molecular formula is C13H13N3. The molecule has 1 aromatic carbocycles. The second-order valence-electron chi connectivity index (χ2n) is 3.85. The molecule has 0 amide bonds. The molecule has 0 bridgehead atoms. The zero-order valence-electron chi connectivity index (χ0n) is 9.33. The number of hydrogen-bond donors (Lipinski definition) is 2. The zero-order valence-corrected chi connectivity index (χ0v) is 9.33. The smallest absolute Gasteiger partial charge is 0.170 e. The summed E-state index contributed by atoms with van der Waals surface area (Å²) in [5.74, 6) is 0.0279. The first-order valence-electron chi connectivity index (χ1n) is 5.10. The van der Waals surface area contributed by atoms with E-state index in [-0.39, 0.29) is 11.5 Å². The molecule has 16 heavy (non-hydrogen) atoms. The van der Waals surface area contributed by atoms with Crippen molar-refractivity contribution >= 4 is 23.3 Å². The number of dihydropyridines is 1. The van der Waals surface area contributed by atoms with E-state index in [1.807, 2.05) is 32.0 Å². The maximum Gasteiger partial charge on any atom is 0.170 e. The predicted octanol–water partition coefficient (Wildman–Crippen LogP) is 2.77. The van der Waals surface area contributed by atoms with Crippen molar-refractivity contribution in [3.05, 3.63) is 41.0 Å². The second-order valence-corrected chi connectivity index (χ2v) is 3.85. The second kappa shape index (κ2) is 3.85. The fourth-order valence-electron chi connectivity index (χ4n) is 1.91. The molecule has 0 saturated heterocycles. The van der Waals surface area contributed by atoms with Crippen LogP contribution in [0.3, 0.4) is 0 Å². The summed E-state index contributed by atoms with van der Waals surface area (Å²) in [6.45, 7) is 4.04. The fourth-order valence-corrected chi connectivity index (χ4v) is 1.91. The van der Waals surface area contributed by atoms with Crippen LogP contribution in [0.1, 0.15) is 16.7 Å². The number of nitrogens with one attached hydrogen (secondary N) is 2. The Bertz CT molecular complexity index is 516. The molecule has 0 saturated carbocycles. The summed E-state index contributed by atoms with van der Waals surface area (Å²) in [5.41, 5.74) is 4.28. The molecule has 1 aliphatic rings. The summed E-state index contributed by atoms with van der Waals surface area (Å²) < 4.78 is 0. The molecule has 0 fully saturated rings. The lowest BCUT2D eigenvalue weighted by atomic mass is 9.91. The van der Waals surface area contributed by atoms with Crippen molar-refractivity contribution < 1.29 is 0 Å². The molecule has 1 heterocycles. The van der Waals surface area contributed by atoms with Gasteiger partial charge in [-0.2, -0.15) is 0 Å². The maximum absolute atomic E-state index is 7.88. The highest BCUT2D eigenvalue weighted by atomic mass is 14.8. The van der Waals surface area contributed by atoms with E-state index in [0.29, 0.717) is 0 Å². The van der Waals surface area contributed by atoms with Crippen LogP contribution < -0.4 is 0 Å². The summed E-state index contributed by atoms with van der Waals surface area (Å²) in [6.07, 6.45) is 3.39. The molecule has 0 aromatic heterocycles. The van der Waals surface area contributed by atoms with Crippen LogP contribution in [0.15, 0.2) is 29.3 Å². The fraction of sp³-hybridized carbons (Fsp3) is 0.154. The minimum atomic E-state index is 0.0279. The minimum Gasteiger partial charge on any atom is -0.296 e. The van der Waals surface area contributed by atoms with Crippen molar-refractivity contribution in [2.75, 3.05) is 0 Å². The van der Waals surface area contributed by atoms with Crippen LogP contribution in [0.2, 0.25) is 0 Å². The molecule has 2 N–H and O–H groups in total. The molecule has 3 heteroatoms. The predicted molar refractivity (Wildman–Crippen MR) is 67.8 cm³/mol. The van der Waals surface area contributed by atoms with Gasteiger partial charge in [-0.1, -0.05) is 18.2 Å². The van der Waals surface area contributed by atoms with Crippen molar-refractivity contribution in [2.45, 2.75) is 13.8 Å². The van der Waals surface area contributed by atoms with E-state index in [1.165, 1.54) is 0 Å². The van der Waals surface area contributed by atoms with Crippen LogP contribution in [0, 0.1) is 24.7 Å². The van der Waals surface area contributed by atoms with Gasteiger partial charge in [0.15, 0.2) is 5.84 Å². The number of aliphatic imine (C=N–C) groups is 1. The summed E-state index contributed by atoms with van der Waals surface area (Å²) in [4.78, 5) is 3.80. The average molecular weight is 211 g/mol. The normalized spacial score (nSPS) is 15.2. The van der Waals surface area contributed by atoms with Gasteiger partial charge in [0.2, 0.25) is 0 Å². The topological polar surface area (TPSA) is 60.1 Å². The van der Waals surface area contributed by atoms with Gasteiger partial charge in [0.1, 0.15) is 5.71 Å². The van der Waals surface area contributed by atoms with Crippen molar-refractivity contribution in [1.29, 1.82) is 10.8 Å². The van der Waals surface area contributed by atoms with E-state index >= 15 is 0 Å². The van der Waals surface area contributed by atoms with E-state index < -0.39 is 0 Å². The van der Waals surface area contributed by atoms with Crippen molar-refractivity contribution in [3.8, 4) is 0 Å². The lowest BCUT2D eigenvalue weighted by molar-refractivity contribution is 1.34. The van der Waals surface area contributed by atoms with Crippen LogP contribution >= 0.6 is 0 Å². The van der Waals surface area contributed by atoms with Crippen LogP contribution in [0.4, 0.5) is 0 Å². The summed E-state index contributed by atoms with van der Waals surface area (Å²) in [6, 6.07) is 6.04. The third-order valence-electron chi connectivity index (χ3n) is 2.70. The van der Waals surface area contributed by atoms with E-state index in [9.17, 15) is 0 Å². The molecule has 0 aliphatic carbocycles. The van der Waals surface area contributed by atoms with Crippen LogP contribution in [0.5, 0.6) is 0 Å². The van der Waals surface area contributed by atoms with Gasteiger partial charge in [-0.25, -0.2) is 4.99 Å². The Hall–Kier alpha value is -2.03. The zero-order chi connectivity index (χ0) is 11.7. The molecule has 1 aliphatic heterocycles. The number of amidine groups is 1. The molecule has 0 atom stereocenters. The number of benzene rings is 1.